The maximum absolute atomic E-state index is 13.7. The van der Waals surface area contributed by atoms with Gasteiger partial charge in [0.1, 0.15) is 6.04 Å². The zero-order valence-corrected chi connectivity index (χ0v) is 21.7. The third-order valence-corrected chi connectivity index (χ3v) is 7.89. The summed E-state index contributed by atoms with van der Waals surface area (Å²) in [5.74, 6) is 8.95. The number of aryl methyl sites for hydroxylation is 1. The first-order chi connectivity index (χ1) is 18.0. The van der Waals surface area contributed by atoms with E-state index in [4.69, 9.17) is 6.42 Å². The molecule has 0 fully saturated rings. The van der Waals surface area contributed by atoms with Gasteiger partial charge < -0.3 is 0 Å². The van der Waals surface area contributed by atoms with E-state index < -0.39 is 16.1 Å². The van der Waals surface area contributed by atoms with Gasteiger partial charge in [0.25, 0.3) is 0 Å². The van der Waals surface area contributed by atoms with Crippen molar-refractivity contribution in [3.8, 4) is 35.3 Å². The molecule has 0 aliphatic carbocycles. The predicted octanol–water partition coefficient (Wildman–Crippen LogP) is 6.72. The second kappa shape index (κ2) is 12.2. The van der Waals surface area contributed by atoms with E-state index in [-0.39, 0.29) is 11.4 Å². The van der Waals surface area contributed by atoms with E-state index in [0.717, 1.165) is 35.1 Å². The lowest BCUT2D eigenvalue weighted by atomic mass is 10.0. The van der Waals surface area contributed by atoms with Crippen LogP contribution in [-0.4, -0.2) is 19.3 Å². The van der Waals surface area contributed by atoms with Crippen LogP contribution in [-0.2, 0) is 16.4 Å². The van der Waals surface area contributed by atoms with Crippen LogP contribution in [0.3, 0.4) is 0 Å². The van der Waals surface area contributed by atoms with Gasteiger partial charge in [-0.05, 0) is 52.9 Å². The fourth-order valence-corrected chi connectivity index (χ4v) is 5.61. The molecule has 0 aliphatic heterocycles. The van der Waals surface area contributed by atoms with Gasteiger partial charge in [-0.25, -0.2) is 8.42 Å². The monoisotopic (exact) mass is 503 g/mol. The Hall–Kier alpha value is -4.09. The van der Waals surface area contributed by atoms with Gasteiger partial charge in [-0.2, -0.15) is 4.31 Å². The largest absolute Gasteiger partial charge is 0.245 e. The molecule has 0 spiro atoms. The molecule has 184 valence electrons. The molecule has 0 saturated carbocycles. The van der Waals surface area contributed by atoms with Gasteiger partial charge in [0, 0.05) is 5.56 Å². The number of sulfonamides is 1. The van der Waals surface area contributed by atoms with Gasteiger partial charge >= 0.3 is 0 Å². The van der Waals surface area contributed by atoms with Crippen molar-refractivity contribution in [1.29, 1.82) is 0 Å². The minimum absolute atomic E-state index is 0.105. The average Bonchev–Trinajstić information content (AvgIpc) is 2.95. The lowest BCUT2D eigenvalue weighted by Crippen LogP contribution is -2.35. The number of nitrogens with zero attached hydrogens (tertiary/aromatic N) is 1. The molecule has 0 aliphatic rings. The molecule has 0 saturated heterocycles. The van der Waals surface area contributed by atoms with Gasteiger partial charge in [0.2, 0.25) is 10.0 Å². The Bertz CT molecular complexity index is 1510. The number of terminal acetylenes is 1. The Morgan fingerprint density at radius 1 is 0.784 bits per heavy atom. The van der Waals surface area contributed by atoms with Crippen molar-refractivity contribution in [2.24, 2.45) is 0 Å². The Labute approximate surface area is 220 Å². The summed E-state index contributed by atoms with van der Waals surface area (Å²) in [5.41, 5.74) is 4.95. The van der Waals surface area contributed by atoms with E-state index in [2.05, 4.69) is 36.8 Å². The zero-order valence-electron chi connectivity index (χ0n) is 20.8. The quantitative estimate of drug-likeness (QED) is 0.250. The van der Waals surface area contributed by atoms with Gasteiger partial charge in [-0.15, -0.1) is 6.42 Å². The van der Waals surface area contributed by atoms with Crippen LogP contribution in [0.1, 0.15) is 36.1 Å². The van der Waals surface area contributed by atoms with Crippen LogP contribution in [0.4, 0.5) is 0 Å². The third kappa shape index (κ3) is 6.38. The minimum Gasteiger partial charge on any atom is -0.207 e. The lowest BCUT2D eigenvalue weighted by Gasteiger charge is -2.26. The van der Waals surface area contributed by atoms with Crippen molar-refractivity contribution >= 4 is 10.0 Å². The van der Waals surface area contributed by atoms with Crippen molar-refractivity contribution < 1.29 is 8.42 Å². The van der Waals surface area contributed by atoms with Crippen molar-refractivity contribution in [2.45, 2.75) is 30.7 Å². The van der Waals surface area contributed by atoms with E-state index >= 15 is 0 Å². The minimum atomic E-state index is -3.90. The van der Waals surface area contributed by atoms with Crippen LogP contribution in [0.5, 0.6) is 0 Å². The van der Waals surface area contributed by atoms with Crippen molar-refractivity contribution in [3.05, 3.63) is 126 Å². The Kier molecular flexibility index (Phi) is 8.60. The molecule has 0 radical (unpaired) electrons. The van der Waals surface area contributed by atoms with E-state index in [1.807, 2.05) is 66.7 Å². The highest BCUT2D eigenvalue weighted by Gasteiger charge is 2.31. The molecule has 0 heterocycles. The highest BCUT2D eigenvalue weighted by atomic mass is 32.2. The van der Waals surface area contributed by atoms with Gasteiger partial charge in [-0.3, -0.25) is 0 Å². The van der Waals surface area contributed by atoms with E-state index in [0.29, 0.717) is 0 Å². The molecule has 0 aromatic heterocycles. The first-order valence-corrected chi connectivity index (χ1v) is 13.7. The normalized spacial score (nSPS) is 11.8. The number of hydrogen-bond donors (Lipinski definition) is 0. The molecule has 0 amide bonds. The molecule has 3 nitrogen and oxygen atoms in total. The second-order valence-electron chi connectivity index (χ2n) is 8.67. The smallest absolute Gasteiger partial charge is 0.207 e. The second-order valence-corrected chi connectivity index (χ2v) is 10.6. The lowest BCUT2D eigenvalue weighted by molar-refractivity contribution is 0.410. The number of benzene rings is 4. The molecule has 37 heavy (non-hydrogen) atoms. The first-order valence-electron chi connectivity index (χ1n) is 12.3. The van der Waals surface area contributed by atoms with Crippen LogP contribution < -0.4 is 0 Å². The average molecular weight is 504 g/mol. The summed E-state index contributed by atoms with van der Waals surface area (Å²) in [6, 6.07) is 33.5. The Balaban J connectivity index is 1.78. The number of rotatable bonds is 8. The van der Waals surface area contributed by atoms with Crippen LogP contribution in [0, 0.1) is 24.2 Å². The number of hydrogen-bond acceptors (Lipinski definition) is 2. The molecule has 4 heteroatoms. The van der Waals surface area contributed by atoms with Crippen LogP contribution >= 0.6 is 0 Å². The topological polar surface area (TPSA) is 37.4 Å². The van der Waals surface area contributed by atoms with Gasteiger partial charge in [0.05, 0.1) is 11.4 Å². The zero-order chi connectivity index (χ0) is 26.1. The molecule has 4 aromatic carbocycles. The fraction of sp³-hybridized carbons (Fsp3) is 0.152. The molecule has 1 unspecified atom stereocenters. The first kappa shape index (κ1) is 26.0. The summed E-state index contributed by atoms with van der Waals surface area (Å²) < 4.78 is 28.7. The highest BCUT2D eigenvalue weighted by Crippen LogP contribution is 2.29. The molecule has 0 bridgehead atoms. The molecule has 1 atom stereocenters. The summed E-state index contributed by atoms with van der Waals surface area (Å²) in [7, 11) is -3.90. The van der Waals surface area contributed by atoms with Crippen LogP contribution in [0.15, 0.2) is 114 Å². The van der Waals surface area contributed by atoms with E-state index in [1.54, 1.807) is 30.3 Å². The van der Waals surface area contributed by atoms with Crippen LogP contribution in [0.2, 0.25) is 0 Å². The molecular weight excluding hydrogens is 474 g/mol. The fourth-order valence-electron chi connectivity index (χ4n) is 4.14. The maximum Gasteiger partial charge on any atom is 0.245 e. The summed E-state index contributed by atoms with van der Waals surface area (Å²) in [6.07, 6.45) is 7.75. The predicted molar refractivity (Wildman–Crippen MR) is 151 cm³/mol. The van der Waals surface area contributed by atoms with Crippen molar-refractivity contribution in [1.82, 2.24) is 4.31 Å². The van der Waals surface area contributed by atoms with Crippen molar-refractivity contribution in [2.75, 3.05) is 6.54 Å². The molecule has 4 rings (SSSR count). The van der Waals surface area contributed by atoms with Gasteiger partial charge in [-0.1, -0.05) is 116 Å². The highest BCUT2D eigenvalue weighted by molar-refractivity contribution is 7.89. The standard InChI is InChI=1S/C33H29NO2S/c1-3-11-27-16-18-28(19-17-27)20-25-33(31-23-21-30(22-24-31)29-12-7-5-8-13-29)34(26-4-2)37(35,36)32-14-9-6-10-15-32/h2,5-10,12-19,21-24,33H,3,11,26H2,1H3. The summed E-state index contributed by atoms with van der Waals surface area (Å²) in [4.78, 5) is 0.182. The SMILES string of the molecule is C#CCN(C(C#Cc1ccc(CCC)cc1)c1ccc(-c2ccccc2)cc1)S(=O)(=O)c1ccccc1. The molecule has 0 N–H and O–H groups in total. The van der Waals surface area contributed by atoms with Crippen LogP contribution in [0.25, 0.3) is 11.1 Å². The van der Waals surface area contributed by atoms with E-state index in [9.17, 15) is 8.42 Å². The Morgan fingerprint density at radius 2 is 1.38 bits per heavy atom. The molecular formula is C33H29NO2S. The van der Waals surface area contributed by atoms with Crippen molar-refractivity contribution in [3.63, 3.8) is 0 Å². The Morgan fingerprint density at radius 3 is 1.97 bits per heavy atom. The maximum atomic E-state index is 13.7. The summed E-state index contributed by atoms with van der Waals surface area (Å²) in [5, 5.41) is 0. The summed E-state index contributed by atoms with van der Waals surface area (Å²) in [6.45, 7) is 2.04. The van der Waals surface area contributed by atoms with Gasteiger partial charge in [0.15, 0.2) is 0 Å². The summed E-state index contributed by atoms with van der Waals surface area (Å²) >= 11 is 0. The third-order valence-electron chi connectivity index (χ3n) is 6.06. The molecule has 4 aromatic rings. The van der Waals surface area contributed by atoms with E-state index in [1.165, 1.54) is 9.87 Å².